The van der Waals surface area contributed by atoms with Crippen LogP contribution in [0.5, 0.6) is 0 Å². The molecule has 0 fully saturated rings. The van der Waals surface area contributed by atoms with Gasteiger partial charge in [-0.3, -0.25) is 0 Å². The Kier molecular flexibility index (Phi) is 4.71. The maximum atomic E-state index is 5.83. The Hall–Kier alpha value is -0.940. The first-order valence-corrected chi connectivity index (χ1v) is 5.35. The molecule has 5 heteroatoms. The molecule has 0 aliphatic heterocycles. The molecule has 1 aromatic rings. The molecule has 15 heavy (non-hydrogen) atoms. The minimum atomic E-state index is -0.300. The van der Waals surface area contributed by atoms with Crippen LogP contribution in [0.1, 0.15) is 50.9 Å². The van der Waals surface area contributed by atoms with Gasteiger partial charge in [0, 0.05) is 12.5 Å². The highest BCUT2D eigenvalue weighted by Gasteiger charge is 2.17. The maximum Gasteiger partial charge on any atom is 0.229 e. The van der Waals surface area contributed by atoms with E-state index in [1.54, 1.807) is 0 Å². The van der Waals surface area contributed by atoms with E-state index in [9.17, 15) is 0 Å². The van der Waals surface area contributed by atoms with Crippen molar-refractivity contribution in [2.75, 3.05) is 13.2 Å². The molecule has 0 radical (unpaired) electrons. The van der Waals surface area contributed by atoms with Crippen LogP contribution < -0.4 is 5.73 Å². The van der Waals surface area contributed by atoms with E-state index in [1.807, 2.05) is 13.8 Å². The summed E-state index contributed by atoms with van der Waals surface area (Å²) in [6.45, 7) is 7.12. The molecule has 2 unspecified atom stereocenters. The number of aromatic nitrogens is 2. The van der Waals surface area contributed by atoms with E-state index in [-0.39, 0.29) is 12.0 Å². The van der Waals surface area contributed by atoms with Crippen molar-refractivity contribution in [3.8, 4) is 0 Å². The van der Waals surface area contributed by atoms with Gasteiger partial charge >= 0.3 is 0 Å². The number of rotatable bonds is 6. The van der Waals surface area contributed by atoms with Gasteiger partial charge in [-0.05, 0) is 13.3 Å². The fraction of sp³-hybridized carbons (Fsp3) is 0.800. The summed E-state index contributed by atoms with van der Waals surface area (Å²) in [5.74, 6) is 1.46. The van der Waals surface area contributed by atoms with Crippen LogP contribution in [0.4, 0.5) is 0 Å². The minimum absolute atomic E-state index is 0.283. The molecular formula is C10H19N3O2. The van der Waals surface area contributed by atoms with E-state index in [1.165, 1.54) is 0 Å². The Morgan fingerprint density at radius 1 is 1.47 bits per heavy atom. The van der Waals surface area contributed by atoms with Crippen molar-refractivity contribution in [2.24, 2.45) is 5.73 Å². The number of nitrogens with two attached hydrogens (primary N) is 1. The number of nitrogens with zero attached hydrogens (tertiary/aromatic N) is 2. The third-order valence-corrected chi connectivity index (χ3v) is 2.32. The monoisotopic (exact) mass is 213 g/mol. The van der Waals surface area contributed by atoms with Crippen molar-refractivity contribution in [1.29, 1.82) is 0 Å². The zero-order valence-corrected chi connectivity index (χ0v) is 9.56. The van der Waals surface area contributed by atoms with E-state index in [0.29, 0.717) is 24.9 Å². The molecule has 0 aliphatic rings. The Morgan fingerprint density at radius 2 is 2.20 bits per heavy atom. The first-order chi connectivity index (χ1) is 7.19. The number of hydrogen-bond acceptors (Lipinski definition) is 5. The van der Waals surface area contributed by atoms with Crippen LogP contribution in [0, 0.1) is 0 Å². The van der Waals surface area contributed by atoms with Crippen molar-refractivity contribution in [1.82, 2.24) is 10.1 Å². The highest BCUT2D eigenvalue weighted by Crippen LogP contribution is 2.17. The van der Waals surface area contributed by atoms with Crippen molar-refractivity contribution < 1.29 is 9.26 Å². The van der Waals surface area contributed by atoms with Gasteiger partial charge in [-0.15, -0.1) is 0 Å². The zero-order chi connectivity index (χ0) is 11.3. The van der Waals surface area contributed by atoms with E-state index in [0.717, 1.165) is 6.42 Å². The summed E-state index contributed by atoms with van der Waals surface area (Å²) in [4.78, 5) is 4.25. The summed E-state index contributed by atoms with van der Waals surface area (Å²) in [6, 6.07) is -0.300. The van der Waals surface area contributed by atoms with Crippen molar-refractivity contribution in [2.45, 2.75) is 39.2 Å². The van der Waals surface area contributed by atoms with E-state index in [2.05, 4.69) is 17.1 Å². The second kappa shape index (κ2) is 5.82. The van der Waals surface area contributed by atoms with Crippen LogP contribution in [0.25, 0.3) is 0 Å². The zero-order valence-electron chi connectivity index (χ0n) is 9.56. The second-order valence-corrected chi connectivity index (χ2v) is 3.57. The molecule has 1 heterocycles. The molecule has 0 saturated carbocycles. The van der Waals surface area contributed by atoms with Crippen molar-refractivity contribution in [3.63, 3.8) is 0 Å². The predicted octanol–water partition coefficient (Wildman–Crippen LogP) is 1.62. The van der Waals surface area contributed by atoms with Gasteiger partial charge < -0.3 is 15.0 Å². The van der Waals surface area contributed by atoms with Crippen LogP contribution in [0.15, 0.2) is 4.52 Å². The lowest BCUT2D eigenvalue weighted by molar-refractivity contribution is 0.130. The molecule has 0 amide bonds. The van der Waals surface area contributed by atoms with Crippen LogP contribution in [-0.4, -0.2) is 23.4 Å². The third-order valence-electron chi connectivity index (χ3n) is 2.32. The van der Waals surface area contributed by atoms with Crippen LogP contribution in [0.2, 0.25) is 0 Å². The highest BCUT2D eigenvalue weighted by atomic mass is 16.5. The Bertz CT molecular complexity index is 288. The smallest absolute Gasteiger partial charge is 0.229 e. The lowest BCUT2D eigenvalue weighted by Crippen LogP contribution is -2.18. The normalized spacial score (nSPS) is 15.2. The fourth-order valence-electron chi connectivity index (χ4n) is 1.09. The maximum absolute atomic E-state index is 5.83. The van der Waals surface area contributed by atoms with Gasteiger partial charge in [0.15, 0.2) is 5.82 Å². The standard InChI is InChI=1S/C10H19N3O2/c1-4-7(3)10-12-9(13-15-10)8(11)6-14-5-2/h7-8H,4-6,11H2,1-3H3. The summed E-state index contributed by atoms with van der Waals surface area (Å²) >= 11 is 0. The fourth-order valence-corrected chi connectivity index (χ4v) is 1.09. The van der Waals surface area contributed by atoms with Crippen LogP contribution in [0.3, 0.4) is 0 Å². The van der Waals surface area contributed by atoms with Gasteiger partial charge in [-0.2, -0.15) is 4.98 Å². The number of ether oxygens (including phenoxy) is 1. The molecule has 0 spiro atoms. The van der Waals surface area contributed by atoms with Gasteiger partial charge in [0.05, 0.1) is 12.6 Å². The summed E-state index contributed by atoms with van der Waals surface area (Å²) in [6.07, 6.45) is 0.975. The Morgan fingerprint density at radius 3 is 2.80 bits per heavy atom. The first-order valence-electron chi connectivity index (χ1n) is 5.35. The lowest BCUT2D eigenvalue weighted by Gasteiger charge is -2.05. The van der Waals surface area contributed by atoms with Gasteiger partial charge in [0.2, 0.25) is 5.89 Å². The summed E-state index contributed by atoms with van der Waals surface area (Å²) in [7, 11) is 0. The molecule has 0 saturated heterocycles. The minimum Gasteiger partial charge on any atom is -0.380 e. The largest absolute Gasteiger partial charge is 0.380 e. The van der Waals surface area contributed by atoms with E-state index < -0.39 is 0 Å². The quantitative estimate of drug-likeness (QED) is 0.777. The van der Waals surface area contributed by atoms with Crippen LogP contribution in [-0.2, 0) is 4.74 Å². The molecule has 0 aromatic carbocycles. The second-order valence-electron chi connectivity index (χ2n) is 3.57. The molecule has 5 nitrogen and oxygen atoms in total. The average Bonchev–Trinajstić information content (AvgIpc) is 2.74. The Labute approximate surface area is 90.0 Å². The predicted molar refractivity (Wildman–Crippen MR) is 56.4 cm³/mol. The van der Waals surface area contributed by atoms with Crippen molar-refractivity contribution >= 4 is 0 Å². The van der Waals surface area contributed by atoms with E-state index in [4.69, 9.17) is 15.0 Å². The first kappa shape index (κ1) is 12.1. The highest BCUT2D eigenvalue weighted by molar-refractivity contribution is 4.96. The topological polar surface area (TPSA) is 74.2 Å². The Balaban J connectivity index is 2.58. The van der Waals surface area contributed by atoms with Crippen molar-refractivity contribution in [3.05, 3.63) is 11.7 Å². The number of hydrogen-bond donors (Lipinski definition) is 1. The van der Waals surface area contributed by atoms with Gasteiger partial charge in [0.25, 0.3) is 0 Å². The third kappa shape index (κ3) is 3.28. The molecule has 2 N–H and O–H groups in total. The lowest BCUT2D eigenvalue weighted by atomic mass is 10.1. The van der Waals surface area contributed by atoms with Gasteiger partial charge in [-0.25, -0.2) is 0 Å². The SMILES string of the molecule is CCOCC(N)c1noc(C(C)CC)n1. The summed E-state index contributed by atoms with van der Waals surface area (Å²) in [5, 5.41) is 3.85. The molecule has 0 aliphatic carbocycles. The van der Waals surface area contributed by atoms with E-state index >= 15 is 0 Å². The van der Waals surface area contributed by atoms with Gasteiger partial charge in [0.1, 0.15) is 0 Å². The van der Waals surface area contributed by atoms with Crippen LogP contribution >= 0.6 is 0 Å². The molecule has 1 aromatic heterocycles. The average molecular weight is 213 g/mol. The molecular weight excluding hydrogens is 194 g/mol. The molecule has 1 rings (SSSR count). The van der Waals surface area contributed by atoms with Gasteiger partial charge in [-0.1, -0.05) is 19.0 Å². The molecule has 0 bridgehead atoms. The summed E-state index contributed by atoms with van der Waals surface area (Å²) in [5.41, 5.74) is 5.83. The summed E-state index contributed by atoms with van der Waals surface area (Å²) < 4.78 is 10.3. The molecule has 86 valence electrons. The molecule has 2 atom stereocenters.